The quantitative estimate of drug-likeness (QED) is 0.163. The molecule has 6 rings (SSSR count). The molecule has 0 unspecified atom stereocenters. The molecule has 242 valence electrons. The maximum absolute atomic E-state index is 12.9. The minimum absolute atomic E-state index is 0.0414. The maximum Gasteiger partial charge on any atom is 0.162 e. The molecule has 2 N–H and O–H groups in total. The van der Waals surface area contributed by atoms with Gasteiger partial charge in [0.25, 0.3) is 0 Å². The van der Waals surface area contributed by atoms with E-state index in [2.05, 4.69) is 63.4 Å². The topological polar surface area (TPSA) is 90.3 Å². The summed E-state index contributed by atoms with van der Waals surface area (Å²) in [6.07, 6.45) is 9.03. The van der Waals surface area contributed by atoms with E-state index in [1.807, 2.05) is 28.9 Å². The van der Waals surface area contributed by atoms with E-state index >= 15 is 0 Å². The third kappa shape index (κ3) is 9.10. The summed E-state index contributed by atoms with van der Waals surface area (Å²) in [6.45, 7) is 4.23. The van der Waals surface area contributed by atoms with Crippen LogP contribution >= 0.6 is 11.6 Å². The van der Waals surface area contributed by atoms with E-state index in [4.69, 9.17) is 11.6 Å². The van der Waals surface area contributed by atoms with Gasteiger partial charge in [-0.25, -0.2) is 14.1 Å². The summed E-state index contributed by atoms with van der Waals surface area (Å²) >= 11 is 5.92. The third-order valence-electron chi connectivity index (χ3n) is 8.58. The fourth-order valence-corrected chi connectivity index (χ4v) is 5.94. The number of hydrogen-bond donors (Lipinski definition) is 2. The summed E-state index contributed by atoms with van der Waals surface area (Å²) in [5, 5.41) is 17.0. The van der Waals surface area contributed by atoms with Gasteiger partial charge in [-0.2, -0.15) is 5.10 Å². The second kappa shape index (κ2) is 15.6. The van der Waals surface area contributed by atoms with Crippen LogP contribution < -0.4 is 0 Å². The summed E-state index contributed by atoms with van der Waals surface area (Å²) in [5.74, 6) is -0.289. The highest BCUT2D eigenvalue weighted by Crippen LogP contribution is 2.33. The van der Waals surface area contributed by atoms with Crippen molar-refractivity contribution in [2.45, 2.75) is 44.2 Å². The molecule has 5 aromatic rings. The number of aromatic nitrogens is 4. The largest absolute Gasteiger partial charge is 0.385 e. The average molecular weight is 645 g/mol. The number of H-pyrrole nitrogens is 1. The summed E-state index contributed by atoms with van der Waals surface area (Å²) in [7, 11) is 4.20. The fourth-order valence-electron chi connectivity index (χ4n) is 5.81. The molecule has 0 amide bonds. The number of carbonyl (C=O) groups is 1. The normalized spacial score (nSPS) is 14.7. The highest BCUT2D eigenvalue weighted by molar-refractivity contribution is 6.30. The van der Waals surface area contributed by atoms with Gasteiger partial charge >= 0.3 is 0 Å². The van der Waals surface area contributed by atoms with E-state index in [1.165, 1.54) is 46.3 Å². The Bertz CT molecular complexity index is 1680. The van der Waals surface area contributed by atoms with Crippen LogP contribution in [0.5, 0.6) is 0 Å². The first-order valence-electron chi connectivity index (χ1n) is 15.7. The van der Waals surface area contributed by atoms with Gasteiger partial charge in [0.1, 0.15) is 18.5 Å². The van der Waals surface area contributed by atoms with Crippen molar-refractivity contribution < 1.29 is 14.3 Å². The Hall–Kier alpha value is -3.89. The molecule has 3 heterocycles. The Labute approximate surface area is 274 Å². The van der Waals surface area contributed by atoms with Gasteiger partial charge in [-0.3, -0.25) is 4.79 Å². The summed E-state index contributed by atoms with van der Waals surface area (Å²) in [5.41, 5.74) is 4.48. The van der Waals surface area contributed by atoms with E-state index in [0.29, 0.717) is 29.8 Å². The lowest BCUT2D eigenvalue weighted by Crippen LogP contribution is -2.42. The zero-order valence-corrected chi connectivity index (χ0v) is 27.3. The van der Waals surface area contributed by atoms with Crippen LogP contribution in [-0.4, -0.2) is 80.7 Å². The van der Waals surface area contributed by atoms with Crippen LogP contribution in [0.2, 0.25) is 5.02 Å². The van der Waals surface area contributed by atoms with Gasteiger partial charge in [-0.1, -0.05) is 29.8 Å². The predicted octanol–water partition coefficient (Wildman–Crippen LogP) is 6.34. The molecule has 1 fully saturated rings. The highest BCUT2D eigenvalue weighted by Gasteiger charge is 2.33. The number of aliphatic hydroxyl groups is 1. The first-order chi connectivity index (χ1) is 22.2. The number of nitrogens with one attached hydrogen (secondary N) is 1. The predicted molar refractivity (Wildman–Crippen MR) is 181 cm³/mol. The molecule has 1 saturated heterocycles. The Kier molecular flexibility index (Phi) is 11.4. The van der Waals surface area contributed by atoms with E-state index in [0.717, 1.165) is 51.1 Å². The van der Waals surface area contributed by atoms with Crippen molar-refractivity contribution in [2.24, 2.45) is 0 Å². The van der Waals surface area contributed by atoms with Crippen molar-refractivity contribution in [3.05, 3.63) is 119 Å². The van der Waals surface area contributed by atoms with Gasteiger partial charge in [0.05, 0.1) is 12.1 Å². The van der Waals surface area contributed by atoms with Crippen LogP contribution in [0.15, 0.2) is 85.6 Å². The zero-order chi connectivity index (χ0) is 32.5. The van der Waals surface area contributed by atoms with Gasteiger partial charge in [0.15, 0.2) is 5.78 Å². The number of likely N-dealkylation sites (tertiary alicyclic amines) is 1. The second-order valence-corrected chi connectivity index (χ2v) is 12.7. The van der Waals surface area contributed by atoms with Gasteiger partial charge in [0.2, 0.25) is 0 Å². The number of aromatic amines is 1. The molecule has 46 heavy (non-hydrogen) atoms. The summed E-state index contributed by atoms with van der Waals surface area (Å²) < 4.78 is 14.7. The lowest BCUT2D eigenvalue weighted by Gasteiger charge is -2.38. The number of carbonyl (C=O) groups excluding carboxylic acids is 1. The molecule has 0 spiro atoms. The molecule has 0 atom stereocenters. The third-order valence-corrected chi connectivity index (χ3v) is 8.83. The first kappa shape index (κ1) is 33.5. The lowest BCUT2D eigenvalue weighted by atomic mass is 9.84. The zero-order valence-electron chi connectivity index (χ0n) is 26.5. The van der Waals surface area contributed by atoms with E-state index < -0.39 is 5.60 Å². The van der Waals surface area contributed by atoms with Crippen LogP contribution in [0.1, 0.15) is 52.7 Å². The van der Waals surface area contributed by atoms with Crippen LogP contribution in [-0.2, 0) is 18.6 Å². The smallest absolute Gasteiger partial charge is 0.162 e. The molecule has 1 aliphatic rings. The number of likely N-dealkylation sites (N-methyl/N-ethyl adjacent to an activating group) is 1. The number of halogens is 2. The van der Waals surface area contributed by atoms with Crippen molar-refractivity contribution in [1.82, 2.24) is 29.5 Å². The van der Waals surface area contributed by atoms with Crippen molar-refractivity contribution in [3.63, 3.8) is 0 Å². The number of nitrogens with zero attached hydrogens (tertiary/aromatic N) is 5. The van der Waals surface area contributed by atoms with Crippen LogP contribution in [0.4, 0.5) is 4.39 Å². The van der Waals surface area contributed by atoms with Crippen molar-refractivity contribution in [2.75, 3.05) is 40.3 Å². The Morgan fingerprint density at radius 3 is 2.48 bits per heavy atom. The standard InChI is InChI=1S/C21H23ClFNO2.C15H19N5/c22-18-7-5-17(6-8-18)21(26)11-14-24(15-12-21)13-1-2-20(25)16-3-9-19(23)10-4-16;1-19(2)6-5-13-8-17-15-4-3-12(7-14(13)15)9-20-11-16-10-18-20/h3-10,26H,1-2,11-15H2;3-4,7-8,10-11,17H,5-6,9H2,1-2H3. The van der Waals surface area contributed by atoms with Crippen molar-refractivity contribution >= 4 is 28.3 Å². The minimum atomic E-state index is -0.801. The Morgan fingerprint density at radius 1 is 1.07 bits per heavy atom. The maximum atomic E-state index is 12.9. The lowest BCUT2D eigenvalue weighted by molar-refractivity contribution is -0.0260. The Morgan fingerprint density at radius 2 is 1.80 bits per heavy atom. The summed E-state index contributed by atoms with van der Waals surface area (Å²) in [6, 6.07) is 19.6. The number of hydrogen-bond acceptors (Lipinski definition) is 6. The number of fused-ring (bicyclic) bond motifs is 1. The van der Waals surface area contributed by atoms with Gasteiger partial charge in [0, 0.05) is 53.7 Å². The molecule has 0 aliphatic carbocycles. The number of benzene rings is 3. The van der Waals surface area contributed by atoms with Crippen LogP contribution in [0.3, 0.4) is 0 Å². The van der Waals surface area contributed by atoms with Gasteiger partial charge in [-0.05, 0) is 112 Å². The van der Waals surface area contributed by atoms with Crippen molar-refractivity contribution in [1.29, 1.82) is 0 Å². The SMILES string of the molecule is CN(C)CCc1c[nH]c2ccc(Cn3cncn3)cc12.O=C(CCCN1CCC(O)(c2ccc(Cl)cc2)CC1)c1ccc(F)cc1. The van der Waals surface area contributed by atoms with Gasteiger partial charge in [-0.15, -0.1) is 0 Å². The van der Waals surface area contributed by atoms with Crippen LogP contribution in [0, 0.1) is 5.82 Å². The number of ketones is 1. The average Bonchev–Trinajstić information content (AvgIpc) is 3.72. The molecule has 8 nitrogen and oxygen atoms in total. The molecule has 0 saturated carbocycles. The minimum Gasteiger partial charge on any atom is -0.385 e. The first-order valence-corrected chi connectivity index (χ1v) is 16.1. The highest BCUT2D eigenvalue weighted by atomic mass is 35.5. The molecular formula is C36H42ClFN6O2. The molecule has 3 aromatic carbocycles. The van der Waals surface area contributed by atoms with E-state index in [1.54, 1.807) is 12.7 Å². The number of rotatable bonds is 11. The summed E-state index contributed by atoms with van der Waals surface area (Å²) in [4.78, 5) is 23.9. The van der Waals surface area contributed by atoms with Crippen LogP contribution in [0.25, 0.3) is 10.9 Å². The van der Waals surface area contributed by atoms with E-state index in [9.17, 15) is 14.3 Å². The Balaban J connectivity index is 0.000000187. The molecule has 10 heteroatoms. The van der Waals surface area contributed by atoms with Crippen molar-refractivity contribution in [3.8, 4) is 0 Å². The number of piperidine rings is 1. The number of Topliss-reactive ketones (excluding diaryl/α,β-unsaturated/α-hetero) is 1. The molecule has 0 bridgehead atoms. The molecule has 2 aromatic heterocycles. The fraction of sp³-hybridized carbons (Fsp3) is 0.361. The monoisotopic (exact) mass is 644 g/mol. The molecule has 0 radical (unpaired) electrons. The molecular weight excluding hydrogens is 603 g/mol. The molecule has 1 aliphatic heterocycles. The van der Waals surface area contributed by atoms with Gasteiger partial charge < -0.3 is 19.9 Å². The second-order valence-electron chi connectivity index (χ2n) is 12.3. The van der Waals surface area contributed by atoms with E-state index in [-0.39, 0.29) is 11.6 Å².